The largest absolute Gasteiger partial charge is 0.478 e. The van der Waals surface area contributed by atoms with Gasteiger partial charge in [-0.25, -0.2) is 4.79 Å². The maximum absolute atomic E-state index is 11.5. The van der Waals surface area contributed by atoms with Crippen LogP contribution in [0.4, 0.5) is 0 Å². The maximum Gasteiger partial charge on any atom is 0.328 e. The highest BCUT2D eigenvalue weighted by Gasteiger charge is 2.67. The van der Waals surface area contributed by atoms with E-state index in [1.807, 2.05) is 6.92 Å². The average molecular weight is 430 g/mol. The van der Waals surface area contributed by atoms with Crippen molar-refractivity contribution in [1.82, 2.24) is 0 Å². The fourth-order valence-electron chi connectivity index (χ4n) is 4.79. The van der Waals surface area contributed by atoms with Crippen molar-refractivity contribution < 1.29 is 49.6 Å². The molecule has 0 unspecified atom stereocenters. The Bertz CT molecular complexity index is 686. The van der Waals surface area contributed by atoms with E-state index in [4.69, 9.17) is 19.3 Å². The van der Waals surface area contributed by atoms with Gasteiger partial charge in [-0.15, -0.1) is 0 Å². The zero-order valence-corrected chi connectivity index (χ0v) is 16.9. The Morgan fingerprint density at radius 1 is 1.13 bits per heavy atom. The number of allylic oxidation sites excluding steroid dienone is 2. The van der Waals surface area contributed by atoms with Crippen LogP contribution in [-0.2, 0) is 19.0 Å². The molecule has 0 radical (unpaired) electrons. The first-order chi connectivity index (χ1) is 14.0. The van der Waals surface area contributed by atoms with Crippen LogP contribution >= 0.6 is 0 Å². The summed E-state index contributed by atoms with van der Waals surface area (Å²) in [4.78, 5) is 10.6. The summed E-state index contributed by atoms with van der Waals surface area (Å²) in [7, 11) is 0. The van der Waals surface area contributed by atoms with Gasteiger partial charge >= 0.3 is 5.97 Å². The van der Waals surface area contributed by atoms with Crippen molar-refractivity contribution in [3.05, 3.63) is 24.3 Å². The molecule has 2 heterocycles. The lowest BCUT2D eigenvalue weighted by Crippen LogP contribution is -2.63. The molecule has 10 heteroatoms. The second-order valence-corrected chi connectivity index (χ2v) is 8.77. The molecule has 2 aliphatic heterocycles. The minimum atomic E-state index is -1.54. The van der Waals surface area contributed by atoms with Gasteiger partial charge in [0.05, 0.1) is 19.3 Å². The molecule has 9 atom stereocenters. The number of aliphatic carboxylic acids is 1. The zero-order chi connectivity index (χ0) is 22.3. The summed E-state index contributed by atoms with van der Waals surface area (Å²) in [6.07, 6.45) is -1.51. The third kappa shape index (κ3) is 3.82. The van der Waals surface area contributed by atoms with E-state index in [-0.39, 0.29) is 13.0 Å². The van der Waals surface area contributed by atoms with E-state index in [0.29, 0.717) is 6.42 Å². The third-order valence-electron chi connectivity index (χ3n) is 6.59. The van der Waals surface area contributed by atoms with Crippen LogP contribution in [0.5, 0.6) is 0 Å². The summed E-state index contributed by atoms with van der Waals surface area (Å²) >= 11 is 0. The fraction of sp³-hybridized carbons (Fsp3) is 0.750. The summed E-state index contributed by atoms with van der Waals surface area (Å²) in [6, 6.07) is 0. The lowest BCUT2D eigenvalue weighted by molar-refractivity contribution is -0.319. The molecule has 3 aliphatic rings. The van der Waals surface area contributed by atoms with Crippen molar-refractivity contribution in [1.29, 1.82) is 0 Å². The SMILES string of the molecule is C[C@]12CO[C@](C)(C[C@H](O[C@@H]3O[C@H](CO)[C@@H](O)[C@H](O)[C@H]3O)C1)[C@]2(O)/C=C/C=C\C(=O)O. The predicted molar refractivity (Wildman–Crippen MR) is 101 cm³/mol. The number of carboxylic acid groups (broad SMARTS) is 1. The van der Waals surface area contributed by atoms with E-state index in [9.17, 15) is 30.3 Å². The molecular formula is C20H30O10. The molecule has 0 aromatic carbocycles. The molecule has 3 fully saturated rings. The number of hydrogen-bond donors (Lipinski definition) is 6. The third-order valence-corrected chi connectivity index (χ3v) is 6.59. The van der Waals surface area contributed by atoms with E-state index in [2.05, 4.69) is 0 Å². The van der Waals surface area contributed by atoms with Gasteiger partial charge in [0, 0.05) is 17.9 Å². The van der Waals surface area contributed by atoms with Crippen LogP contribution in [0.1, 0.15) is 26.7 Å². The monoisotopic (exact) mass is 430 g/mol. The molecule has 0 spiro atoms. The number of aliphatic hydroxyl groups is 5. The van der Waals surface area contributed by atoms with Crippen molar-refractivity contribution in [3.8, 4) is 0 Å². The fourth-order valence-corrected chi connectivity index (χ4v) is 4.79. The van der Waals surface area contributed by atoms with Crippen LogP contribution < -0.4 is 0 Å². The van der Waals surface area contributed by atoms with Gasteiger partial charge in [0.1, 0.15) is 35.6 Å². The molecule has 2 bridgehead atoms. The molecule has 30 heavy (non-hydrogen) atoms. The molecule has 1 aliphatic carbocycles. The van der Waals surface area contributed by atoms with Crippen molar-refractivity contribution in [3.63, 3.8) is 0 Å². The minimum absolute atomic E-state index is 0.237. The number of hydrogen-bond acceptors (Lipinski definition) is 9. The first-order valence-electron chi connectivity index (χ1n) is 9.87. The average Bonchev–Trinajstić information content (AvgIpc) is 2.79. The second kappa shape index (κ2) is 8.29. The number of carbonyl (C=O) groups is 1. The molecule has 6 N–H and O–H groups in total. The highest BCUT2D eigenvalue weighted by atomic mass is 16.7. The van der Waals surface area contributed by atoms with E-state index in [1.54, 1.807) is 6.92 Å². The Balaban J connectivity index is 1.76. The van der Waals surface area contributed by atoms with Gasteiger partial charge in [0.25, 0.3) is 0 Å². The Hall–Kier alpha value is -1.37. The maximum atomic E-state index is 11.5. The van der Waals surface area contributed by atoms with Crippen molar-refractivity contribution in [2.75, 3.05) is 13.2 Å². The summed E-state index contributed by atoms with van der Waals surface area (Å²) in [5.41, 5.74) is -3.21. The van der Waals surface area contributed by atoms with Gasteiger partial charge in [0.15, 0.2) is 6.29 Å². The van der Waals surface area contributed by atoms with Gasteiger partial charge in [0.2, 0.25) is 0 Å². The van der Waals surface area contributed by atoms with Crippen LogP contribution in [0.3, 0.4) is 0 Å². The first kappa shape index (κ1) is 23.3. The normalized spacial score (nSPS) is 49.2. The Morgan fingerprint density at radius 3 is 2.43 bits per heavy atom. The summed E-state index contributed by atoms with van der Waals surface area (Å²) in [5, 5.41) is 59.6. The van der Waals surface area contributed by atoms with Gasteiger partial charge in [-0.3, -0.25) is 0 Å². The standard InChI is InChI=1S/C20H30O10/c1-18-7-11(29-17-16(26)15(25)14(24)12(9-21)30-17)8-19(2,28-10-18)20(18,27)6-4-3-5-13(22)23/h3-6,11-12,14-17,21,24-27H,7-10H2,1-2H3,(H,22,23)/b5-3-,6-4+/t11-,12-,14-,15+,16-,17-,18-,19-,20+/m1/s1. The van der Waals surface area contributed by atoms with Crippen LogP contribution in [-0.4, -0.2) is 97.8 Å². The van der Waals surface area contributed by atoms with Crippen LogP contribution in [0.15, 0.2) is 24.3 Å². The molecule has 1 saturated carbocycles. The Labute approximate surface area is 174 Å². The topological polar surface area (TPSA) is 166 Å². The second-order valence-electron chi connectivity index (χ2n) is 8.77. The lowest BCUT2D eigenvalue weighted by atomic mass is 9.59. The van der Waals surface area contributed by atoms with E-state index in [0.717, 1.165) is 6.08 Å². The van der Waals surface area contributed by atoms with E-state index >= 15 is 0 Å². The number of carboxylic acids is 1. The molecule has 2 saturated heterocycles. The number of fused-ring (bicyclic) bond motifs is 2. The zero-order valence-electron chi connectivity index (χ0n) is 16.9. The molecule has 3 rings (SSSR count). The molecule has 0 aromatic rings. The molecule has 10 nitrogen and oxygen atoms in total. The van der Waals surface area contributed by atoms with Gasteiger partial charge in [-0.1, -0.05) is 19.1 Å². The smallest absolute Gasteiger partial charge is 0.328 e. The number of ether oxygens (including phenoxy) is 3. The highest BCUT2D eigenvalue weighted by Crippen LogP contribution is 2.58. The van der Waals surface area contributed by atoms with Crippen molar-refractivity contribution in [2.24, 2.45) is 5.41 Å². The van der Waals surface area contributed by atoms with Crippen molar-refractivity contribution in [2.45, 2.75) is 74.7 Å². The minimum Gasteiger partial charge on any atom is -0.478 e. The predicted octanol–water partition coefficient (Wildman–Crippen LogP) is -1.31. The number of aliphatic hydroxyl groups excluding tert-OH is 4. The molecule has 0 aromatic heterocycles. The van der Waals surface area contributed by atoms with E-state index < -0.39 is 66.0 Å². The molecular weight excluding hydrogens is 400 g/mol. The summed E-state index contributed by atoms with van der Waals surface area (Å²) in [6.45, 7) is 3.24. The van der Waals surface area contributed by atoms with E-state index in [1.165, 1.54) is 18.2 Å². The summed E-state index contributed by atoms with van der Waals surface area (Å²) < 4.78 is 17.3. The molecule has 0 amide bonds. The van der Waals surface area contributed by atoms with Gasteiger partial charge in [-0.2, -0.15) is 0 Å². The lowest BCUT2D eigenvalue weighted by Gasteiger charge is -2.51. The Kier molecular flexibility index (Phi) is 6.43. The number of rotatable bonds is 6. The van der Waals surface area contributed by atoms with Crippen LogP contribution in [0, 0.1) is 5.41 Å². The van der Waals surface area contributed by atoms with Crippen molar-refractivity contribution >= 4 is 5.97 Å². The Morgan fingerprint density at radius 2 is 1.83 bits per heavy atom. The highest BCUT2D eigenvalue weighted by molar-refractivity contribution is 5.80. The van der Waals surface area contributed by atoms with Crippen LogP contribution in [0.2, 0.25) is 0 Å². The van der Waals surface area contributed by atoms with Crippen LogP contribution in [0.25, 0.3) is 0 Å². The van der Waals surface area contributed by atoms with Gasteiger partial charge < -0.3 is 44.8 Å². The molecule has 170 valence electrons. The van der Waals surface area contributed by atoms with Gasteiger partial charge in [-0.05, 0) is 19.4 Å². The first-order valence-corrected chi connectivity index (χ1v) is 9.87. The quantitative estimate of drug-likeness (QED) is 0.220. The summed E-state index contributed by atoms with van der Waals surface area (Å²) in [5.74, 6) is -1.10.